The second-order valence-corrected chi connectivity index (χ2v) is 1.90. The fourth-order valence-corrected chi connectivity index (χ4v) is 0.630. The molecule has 0 spiro atoms. The lowest BCUT2D eigenvalue weighted by Gasteiger charge is -2.09. The van der Waals surface area contributed by atoms with Crippen LogP contribution in [0, 0.1) is 0 Å². The highest BCUT2D eigenvalue weighted by Crippen LogP contribution is 2.17. The lowest BCUT2D eigenvalue weighted by atomic mass is 10.3. The zero-order valence-corrected chi connectivity index (χ0v) is 5.50. The monoisotopic (exact) mass is 160 g/mol. The van der Waals surface area contributed by atoms with Crippen molar-refractivity contribution in [2.24, 2.45) is 0 Å². The number of ether oxygens (including phenoxy) is 1. The first kappa shape index (κ1) is 7.94. The molecular weight excluding hydrogens is 154 g/mol. The molecule has 1 N–H and O–H groups in total. The van der Waals surface area contributed by atoms with Gasteiger partial charge in [-0.25, -0.2) is 0 Å². The third-order valence-corrected chi connectivity index (χ3v) is 0.984. The summed E-state index contributed by atoms with van der Waals surface area (Å²) in [6.45, 7) is 0. The highest BCUT2D eigenvalue weighted by atomic mass is 19.3. The Bertz CT molecular complexity index is 218. The number of para-hydroxylation sites is 1. The van der Waals surface area contributed by atoms with Crippen LogP contribution >= 0.6 is 0 Å². The molecule has 0 saturated heterocycles. The van der Waals surface area contributed by atoms with E-state index < -0.39 is 6.29 Å². The van der Waals surface area contributed by atoms with Crippen molar-refractivity contribution in [3.63, 3.8) is 0 Å². The van der Waals surface area contributed by atoms with Crippen molar-refractivity contribution in [2.75, 3.05) is 0 Å². The van der Waals surface area contributed by atoms with E-state index in [1.165, 1.54) is 24.3 Å². The van der Waals surface area contributed by atoms with Crippen LogP contribution < -0.4 is 4.74 Å². The molecule has 2 nitrogen and oxygen atoms in total. The normalized spacial score (nSPS) is 11.2. The first-order chi connectivity index (χ1) is 5.08. The first-order valence-electron chi connectivity index (χ1n) is 2.92. The van der Waals surface area contributed by atoms with Crippen LogP contribution in [-0.2, 0) is 0 Å². The zero-order chi connectivity index (χ0) is 8.32. The number of hydrogen-bond donors (Lipinski definition) is 1. The Labute approximate surface area is 62.0 Å². The molecule has 0 aromatic heterocycles. The van der Waals surface area contributed by atoms with Crippen LogP contribution in [0.1, 0.15) is 0 Å². The molecule has 11 heavy (non-hydrogen) atoms. The summed E-state index contributed by atoms with van der Waals surface area (Å²) in [5.41, 5.74) is 0. The Morgan fingerprint density at radius 1 is 1.18 bits per heavy atom. The van der Waals surface area contributed by atoms with Gasteiger partial charge in [-0.05, 0) is 12.1 Å². The molecule has 0 bridgehead atoms. The molecule has 0 atom stereocenters. The van der Waals surface area contributed by atoms with E-state index in [9.17, 15) is 8.78 Å². The van der Waals surface area contributed by atoms with Gasteiger partial charge in [0.1, 0.15) is 5.75 Å². The SMILES string of the molecule is OC(F)(F)Oc1ccccc1. The molecule has 1 aromatic carbocycles. The number of benzene rings is 1. The maximum atomic E-state index is 11.7. The summed E-state index contributed by atoms with van der Waals surface area (Å²) in [6.07, 6.45) is -4.10. The highest BCUT2D eigenvalue weighted by molar-refractivity contribution is 5.20. The van der Waals surface area contributed by atoms with Crippen LogP contribution in [-0.4, -0.2) is 11.4 Å². The van der Waals surface area contributed by atoms with Gasteiger partial charge >= 0.3 is 6.29 Å². The molecule has 1 rings (SSSR count). The summed E-state index contributed by atoms with van der Waals surface area (Å²) < 4.78 is 27.3. The molecule has 60 valence electrons. The van der Waals surface area contributed by atoms with E-state index in [0.29, 0.717) is 0 Å². The summed E-state index contributed by atoms with van der Waals surface area (Å²) in [7, 11) is 0. The Morgan fingerprint density at radius 2 is 1.73 bits per heavy atom. The van der Waals surface area contributed by atoms with Gasteiger partial charge in [0.15, 0.2) is 0 Å². The molecule has 0 aliphatic carbocycles. The van der Waals surface area contributed by atoms with Crippen LogP contribution in [0.3, 0.4) is 0 Å². The van der Waals surface area contributed by atoms with E-state index in [2.05, 4.69) is 4.74 Å². The van der Waals surface area contributed by atoms with E-state index >= 15 is 0 Å². The van der Waals surface area contributed by atoms with Crippen LogP contribution in [0.15, 0.2) is 30.3 Å². The largest absolute Gasteiger partial charge is 0.532 e. The fraction of sp³-hybridized carbons (Fsp3) is 0.143. The Morgan fingerprint density at radius 3 is 2.18 bits per heavy atom. The van der Waals surface area contributed by atoms with Crippen molar-refractivity contribution in [3.05, 3.63) is 30.3 Å². The Balaban J connectivity index is 2.66. The lowest BCUT2D eigenvalue weighted by Crippen LogP contribution is -2.23. The molecule has 0 amide bonds. The van der Waals surface area contributed by atoms with Crippen LogP contribution in [0.2, 0.25) is 0 Å². The summed E-state index contributed by atoms with van der Waals surface area (Å²) in [5.74, 6) is -0.0694. The number of aliphatic hydroxyl groups is 1. The van der Waals surface area contributed by atoms with Gasteiger partial charge in [0, 0.05) is 0 Å². The van der Waals surface area contributed by atoms with Crippen LogP contribution in [0.5, 0.6) is 5.75 Å². The topological polar surface area (TPSA) is 29.5 Å². The minimum atomic E-state index is -4.10. The maximum absolute atomic E-state index is 11.7. The quantitative estimate of drug-likeness (QED) is 0.666. The third-order valence-electron chi connectivity index (χ3n) is 0.984. The van der Waals surface area contributed by atoms with E-state index in [4.69, 9.17) is 5.11 Å². The van der Waals surface area contributed by atoms with Gasteiger partial charge in [-0.2, -0.15) is 0 Å². The minimum Gasteiger partial charge on any atom is -0.410 e. The molecule has 0 aliphatic rings. The van der Waals surface area contributed by atoms with Gasteiger partial charge < -0.3 is 9.84 Å². The molecule has 0 radical (unpaired) electrons. The molecule has 0 unspecified atom stereocenters. The molecular formula is C7H6F2O2. The van der Waals surface area contributed by atoms with E-state index in [1.807, 2.05) is 0 Å². The number of alkyl halides is 2. The number of halogens is 2. The summed E-state index contributed by atoms with van der Waals surface area (Å²) in [6, 6.07) is 7.36. The standard InChI is InChI=1S/C7H6F2O2/c8-7(9,10)11-6-4-2-1-3-5-6/h1-5,10H. The minimum absolute atomic E-state index is 0.0694. The first-order valence-corrected chi connectivity index (χ1v) is 2.92. The molecule has 1 aromatic rings. The van der Waals surface area contributed by atoms with Crippen molar-refractivity contribution >= 4 is 0 Å². The van der Waals surface area contributed by atoms with E-state index in [0.717, 1.165) is 0 Å². The molecule has 4 heteroatoms. The van der Waals surface area contributed by atoms with Gasteiger partial charge in [0.25, 0.3) is 0 Å². The van der Waals surface area contributed by atoms with Crippen molar-refractivity contribution in [2.45, 2.75) is 6.29 Å². The van der Waals surface area contributed by atoms with Gasteiger partial charge in [-0.15, -0.1) is 8.78 Å². The number of hydrogen-bond acceptors (Lipinski definition) is 2. The van der Waals surface area contributed by atoms with E-state index in [-0.39, 0.29) is 5.75 Å². The van der Waals surface area contributed by atoms with Crippen LogP contribution in [0.4, 0.5) is 8.78 Å². The smallest absolute Gasteiger partial charge is 0.410 e. The summed E-state index contributed by atoms with van der Waals surface area (Å²) >= 11 is 0. The second-order valence-electron chi connectivity index (χ2n) is 1.90. The van der Waals surface area contributed by atoms with Gasteiger partial charge in [0.2, 0.25) is 0 Å². The van der Waals surface area contributed by atoms with E-state index in [1.54, 1.807) is 6.07 Å². The second kappa shape index (κ2) is 2.84. The molecule has 0 fully saturated rings. The van der Waals surface area contributed by atoms with Gasteiger partial charge in [-0.1, -0.05) is 18.2 Å². The summed E-state index contributed by atoms with van der Waals surface area (Å²) in [5, 5.41) is 7.92. The van der Waals surface area contributed by atoms with Crippen molar-refractivity contribution < 1.29 is 18.6 Å². The van der Waals surface area contributed by atoms with Crippen LogP contribution in [0.25, 0.3) is 0 Å². The van der Waals surface area contributed by atoms with Gasteiger partial charge in [-0.3, -0.25) is 0 Å². The van der Waals surface area contributed by atoms with Gasteiger partial charge in [0.05, 0.1) is 0 Å². The number of rotatable bonds is 2. The third kappa shape index (κ3) is 2.95. The summed E-state index contributed by atoms with van der Waals surface area (Å²) in [4.78, 5) is 0. The molecule has 0 aliphatic heterocycles. The molecule has 0 heterocycles. The maximum Gasteiger partial charge on any atom is 0.532 e. The van der Waals surface area contributed by atoms with Crippen molar-refractivity contribution in [1.82, 2.24) is 0 Å². The average Bonchev–Trinajstić information content (AvgIpc) is 1.85. The Kier molecular flexibility index (Phi) is 2.05. The Hall–Kier alpha value is -1.16. The average molecular weight is 160 g/mol. The predicted octanol–water partition coefficient (Wildman–Crippen LogP) is 1.61. The molecule has 0 saturated carbocycles. The predicted molar refractivity (Wildman–Crippen MR) is 34.2 cm³/mol. The highest BCUT2D eigenvalue weighted by Gasteiger charge is 2.27. The lowest BCUT2D eigenvalue weighted by molar-refractivity contribution is -0.327. The zero-order valence-electron chi connectivity index (χ0n) is 5.50. The van der Waals surface area contributed by atoms with Crippen molar-refractivity contribution in [3.8, 4) is 5.75 Å². The van der Waals surface area contributed by atoms with Crippen molar-refractivity contribution in [1.29, 1.82) is 0 Å². The fourth-order valence-electron chi connectivity index (χ4n) is 0.630.